The van der Waals surface area contributed by atoms with Crippen molar-refractivity contribution in [2.75, 3.05) is 23.7 Å². The van der Waals surface area contributed by atoms with Gasteiger partial charge in [-0.2, -0.15) is 0 Å². The maximum absolute atomic E-state index is 14.0. The highest BCUT2D eigenvalue weighted by atomic mass is 19.1. The average Bonchev–Trinajstić information content (AvgIpc) is 2.35. The number of nitrogens with two attached hydrogens (primary N) is 1. The van der Waals surface area contributed by atoms with Crippen molar-refractivity contribution in [2.24, 2.45) is 5.92 Å². The van der Waals surface area contributed by atoms with E-state index in [1.54, 1.807) is 0 Å². The second-order valence-electron chi connectivity index (χ2n) is 4.75. The highest BCUT2D eigenvalue weighted by Gasteiger charge is 2.18. The monoisotopic (exact) mass is 268 g/mol. The number of anilines is 2. The number of hydrogen-bond acceptors (Lipinski definition) is 3. The molecular formula is C14H21FN2O2. The predicted molar refractivity (Wildman–Crippen MR) is 75.1 cm³/mol. The Hall–Kier alpha value is -1.78. The van der Waals surface area contributed by atoms with E-state index in [-0.39, 0.29) is 11.3 Å². The fourth-order valence-corrected chi connectivity index (χ4v) is 1.91. The van der Waals surface area contributed by atoms with E-state index < -0.39 is 11.8 Å². The lowest BCUT2D eigenvalue weighted by molar-refractivity contribution is 0.0698. The third kappa shape index (κ3) is 3.59. The Bertz CT molecular complexity index is 463. The second kappa shape index (κ2) is 6.41. The molecule has 3 N–H and O–H groups in total. The van der Waals surface area contributed by atoms with Crippen LogP contribution in [0.3, 0.4) is 0 Å². The van der Waals surface area contributed by atoms with E-state index in [0.717, 1.165) is 12.5 Å². The normalized spacial score (nSPS) is 12.2. The minimum absolute atomic E-state index is 0.0478. The third-order valence-corrected chi connectivity index (χ3v) is 3.30. The van der Waals surface area contributed by atoms with E-state index in [0.29, 0.717) is 24.7 Å². The molecule has 0 aliphatic rings. The van der Waals surface area contributed by atoms with Crippen LogP contribution in [0, 0.1) is 11.7 Å². The minimum atomic E-state index is -1.14. The summed E-state index contributed by atoms with van der Waals surface area (Å²) in [5.41, 5.74) is 5.72. The Labute approximate surface area is 113 Å². The molecular weight excluding hydrogens is 247 g/mol. The Kier molecular flexibility index (Phi) is 5.15. The summed E-state index contributed by atoms with van der Waals surface area (Å²) in [6.07, 6.45) is 0.985. The molecule has 1 aromatic carbocycles. The van der Waals surface area contributed by atoms with Gasteiger partial charge in [0.25, 0.3) is 0 Å². The maximum atomic E-state index is 14.0. The van der Waals surface area contributed by atoms with Gasteiger partial charge in [0.2, 0.25) is 0 Å². The highest BCUT2D eigenvalue weighted by Crippen LogP contribution is 2.26. The van der Waals surface area contributed by atoms with Gasteiger partial charge in [-0.15, -0.1) is 0 Å². The molecule has 1 rings (SSSR count). The molecule has 0 spiro atoms. The van der Waals surface area contributed by atoms with Crippen molar-refractivity contribution in [1.29, 1.82) is 0 Å². The van der Waals surface area contributed by atoms with E-state index in [4.69, 9.17) is 10.8 Å². The maximum Gasteiger partial charge on any atom is 0.337 e. The fourth-order valence-electron chi connectivity index (χ4n) is 1.91. The number of hydrogen-bond donors (Lipinski definition) is 2. The molecule has 0 aliphatic heterocycles. The molecule has 0 aromatic heterocycles. The summed E-state index contributed by atoms with van der Waals surface area (Å²) in [4.78, 5) is 12.9. The quantitative estimate of drug-likeness (QED) is 0.778. The summed E-state index contributed by atoms with van der Waals surface area (Å²) in [6.45, 7) is 7.37. The number of carboxylic acids is 1. The average molecular weight is 268 g/mol. The standard InChI is InChI=1S/C14H21FN2O2/c1-4-9(3)8-17(5-2)13-6-10(14(18)19)12(16)7-11(13)15/h6-7,9H,4-5,8,16H2,1-3H3,(H,18,19). The van der Waals surface area contributed by atoms with Crippen LogP contribution in [-0.2, 0) is 0 Å². The summed E-state index contributed by atoms with van der Waals surface area (Å²) in [5, 5.41) is 9.04. The van der Waals surface area contributed by atoms with Crippen molar-refractivity contribution >= 4 is 17.3 Å². The molecule has 0 radical (unpaired) electrons. The van der Waals surface area contributed by atoms with Crippen LogP contribution in [0.2, 0.25) is 0 Å². The first-order valence-electron chi connectivity index (χ1n) is 6.47. The SMILES string of the molecule is CCC(C)CN(CC)c1cc(C(=O)O)c(N)cc1F. The number of halogens is 1. The van der Waals surface area contributed by atoms with Gasteiger partial charge in [-0.25, -0.2) is 9.18 Å². The van der Waals surface area contributed by atoms with Gasteiger partial charge >= 0.3 is 5.97 Å². The molecule has 106 valence electrons. The molecule has 19 heavy (non-hydrogen) atoms. The van der Waals surface area contributed by atoms with Crippen LogP contribution in [0.15, 0.2) is 12.1 Å². The van der Waals surface area contributed by atoms with Gasteiger partial charge in [-0.1, -0.05) is 20.3 Å². The van der Waals surface area contributed by atoms with Crippen molar-refractivity contribution in [2.45, 2.75) is 27.2 Å². The number of benzene rings is 1. The third-order valence-electron chi connectivity index (χ3n) is 3.30. The Balaban J connectivity index is 3.16. The molecule has 1 atom stereocenters. The first kappa shape index (κ1) is 15.3. The van der Waals surface area contributed by atoms with Crippen LogP contribution in [0.4, 0.5) is 15.8 Å². The van der Waals surface area contributed by atoms with Crippen LogP contribution in [0.25, 0.3) is 0 Å². The molecule has 5 heteroatoms. The molecule has 0 fully saturated rings. The van der Waals surface area contributed by atoms with Gasteiger partial charge < -0.3 is 15.7 Å². The van der Waals surface area contributed by atoms with Crippen molar-refractivity contribution in [3.05, 3.63) is 23.5 Å². The first-order chi connectivity index (χ1) is 8.90. The smallest absolute Gasteiger partial charge is 0.337 e. The fraction of sp³-hybridized carbons (Fsp3) is 0.500. The highest BCUT2D eigenvalue weighted by molar-refractivity contribution is 5.95. The van der Waals surface area contributed by atoms with Gasteiger partial charge in [0, 0.05) is 18.8 Å². The van der Waals surface area contributed by atoms with E-state index in [1.165, 1.54) is 6.07 Å². The molecule has 1 aromatic rings. The lowest BCUT2D eigenvalue weighted by Gasteiger charge is -2.27. The number of carboxylic acid groups (broad SMARTS) is 1. The molecule has 0 heterocycles. The molecule has 0 amide bonds. The molecule has 4 nitrogen and oxygen atoms in total. The summed E-state index contributed by atoms with van der Waals surface area (Å²) in [6, 6.07) is 2.40. The van der Waals surface area contributed by atoms with Gasteiger partial charge in [-0.3, -0.25) is 0 Å². The molecule has 0 aliphatic carbocycles. The van der Waals surface area contributed by atoms with E-state index in [9.17, 15) is 9.18 Å². The molecule has 1 unspecified atom stereocenters. The number of nitrogen functional groups attached to an aromatic ring is 1. The zero-order valence-corrected chi connectivity index (χ0v) is 11.6. The Morgan fingerprint density at radius 1 is 1.47 bits per heavy atom. The lowest BCUT2D eigenvalue weighted by atomic mass is 10.1. The predicted octanol–water partition coefficient (Wildman–Crippen LogP) is 2.98. The van der Waals surface area contributed by atoms with Gasteiger partial charge in [0.1, 0.15) is 5.82 Å². The van der Waals surface area contributed by atoms with E-state index >= 15 is 0 Å². The van der Waals surface area contributed by atoms with E-state index in [1.807, 2.05) is 11.8 Å². The van der Waals surface area contributed by atoms with Crippen LogP contribution >= 0.6 is 0 Å². The van der Waals surface area contributed by atoms with Crippen molar-refractivity contribution in [1.82, 2.24) is 0 Å². The second-order valence-corrected chi connectivity index (χ2v) is 4.75. The molecule has 0 saturated carbocycles. The number of aromatic carboxylic acids is 1. The number of rotatable bonds is 6. The largest absolute Gasteiger partial charge is 0.478 e. The lowest BCUT2D eigenvalue weighted by Crippen LogP contribution is -2.29. The van der Waals surface area contributed by atoms with Crippen molar-refractivity contribution < 1.29 is 14.3 Å². The number of carbonyl (C=O) groups is 1. The summed E-state index contributed by atoms with van der Waals surface area (Å²) < 4.78 is 14.0. The molecule has 0 saturated heterocycles. The van der Waals surface area contributed by atoms with Gasteiger partial charge in [0.05, 0.1) is 11.3 Å². The van der Waals surface area contributed by atoms with Crippen molar-refractivity contribution in [3.63, 3.8) is 0 Å². The van der Waals surface area contributed by atoms with Gasteiger partial charge in [-0.05, 0) is 25.0 Å². The summed E-state index contributed by atoms with van der Waals surface area (Å²) in [5.74, 6) is -1.21. The summed E-state index contributed by atoms with van der Waals surface area (Å²) >= 11 is 0. The van der Waals surface area contributed by atoms with Crippen LogP contribution in [0.5, 0.6) is 0 Å². The molecule has 0 bridgehead atoms. The van der Waals surface area contributed by atoms with Crippen LogP contribution in [-0.4, -0.2) is 24.2 Å². The van der Waals surface area contributed by atoms with Crippen molar-refractivity contribution in [3.8, 4) is 0 Å². The summed E-state index contributed by atoms with van der Waals surface area (Å²) in [7, 11) is 0. The minimum Gasteiger partial charge on any atom is -0.478 e. The van der Waals surface area contributed by atoms with Gasteiger partial charge in [0.15, 0.2) is 0 Å². The van der Waals surface area contributed by atoms with Crippen LogP contribution < -0.4 is 10.6 Å². The number of nitrogens with zero attached hydrogens (tertiary/aromatic N) is 1. The Morgan fingerprint density at radius 3 is 2.58 bits per heavy atom. The zero-order chi connectivity index (χ0) is 14.6. The topological polar surface area (TPSA) is 66.6 Å². The zero-order valence-electron chi connectivity index (χ0n) is 11.6. The van der Waals surface area contributed by atoms with E-state index in [2.05, 4.69) is 13.8 Å². The Morgan fingerprint density at radius 2 is 2.11 bits per heavy atom. The first-order valence-corrected chi connectivity index (χ1v) is 6.47. The van der Waals surface area contributed by atoms with Crippen LogP contribution in [0.1, 0.15) is 37.6 Å².